The van der Waals surface area contributed by atoms with Gasteiger partial charge >= 0.3 is 0 Å². The van der Waals surface area contributed by atoms with Gasteiger partial charge in [0.2, 0.25) is 0 Å². The van der Waals surface area contributed by atoms with Gasteiger partial charge in [-0.05, 0) is 17.5 Å². The van der Waals surface area contributed by atoms with Gasteiger partial charge in [-0.2, -0.15) is 0 Å². The first-order chi connectivity index (χ1) is 10.5. The molecule has 1 amide bonds. The van der Waals surface area contributed by atoms with Crippen LogP contribution in [0.2, 0.25) is 0 Å². The van der Waals surface area contributed by atoms with Crippen molar-refractivity contribution in [1.29, 1.82) is 0 Å². The molecule has 0 saturated carbocycles. The van der Waals surface area contributed by atoms with Gasteiger partial charge in [-0.1, -0.05) is 24.3 Å². The number of benzene rings is 2. The normalized spacial score (nSPS) is 10.5. The Bertz CT molecular complexity index is 649. The molecule has 6 heteroatoms. The molecule has 2 N–H and O–H groups in total. The van der Waals surface area contributed by atoms with Gasteiger partial charge < -0.3 is 10.4 Å². The van der Waals surface area contributed by atoms with E-state index in [1.807, 2.05) is 0 Å². The van der Waals surface area contributed by atoms with E-state index in [-0.39, 0.29) is 13.2 Å². The molecule has 0 heterocycles. The molecule has 3 nitrogen and oxygen atoms in total. The topological polar surface area (TPSA) is 49.3 Å². The number of carbonyl (C=O) groups is 1. The Labute approximate surface area is 125 Å². The summed E-state index contributed by atoms with van der Waals surface area (Å²) in [6, 6.07) is 8.00. The molecule has 0 unspecified atom stereocenters. The van der Waals surface area contributed by atoms with Gasteiger partial charge in [0.05, 0.1) is 6.61 Å². The van der Waals surface area contributed by atoms with Crippen LogP contribution in [0.4, 0.5) is 13.2 Å². The minimum Gasteiger partial charge on any atom is -0.392 e. The van der Waals surface area contributed by atoms with Gasteiger partial charge in [-0.15, -0.1) is 0 Å². The summed E-state index contributed by atoms with van der Waals surface area (Å²) >= 11 is 0. The molecule has 0 spiro atoms. The largest absolute Gasteiger partial charge is 0.392 e. The summed E-state index contributed by atoms with van der Waals surface area (Å²) in [5, 5.41) is 11.3. The van der Waals surface area contributed by atoms with Crippen LogP contribution in [-0.4, -0.2) is 17.6 Å². The molecule has 2 rings (SSSR count). The summed E-state index contributed by atoms with van der Waals surface area (Å²) in [6.45, 7) is 0.119. The van der Waals surface area contributed by atoms with E-state index in [0.717, 1.165) is 11.1 Å². The van der Waals surface area contributed by atoms with E-state index >= 15 is 0 Å². The third kappa shape index (κ3) is 3.85. The highest BCUT2D eigenvalue weighted by Crippen LogP contribution is 2.14. The van der Waals surface area contributed by atoms with E-state index < -0.39 is 28.9 Å². The fraction of sp³-hybridized carbons (Fsp3) is 0.188. The summed E-state index contributed by atoms with van der Waals surface area (Å²) < 4.78 is 39.6. The number of rotatable bonds is 5. The molecular formula is C16H14F3NO2. The molecule has 0 aliphatic rings. The Morgan fingerprint density at radius 3 is 2.09 bits per heavy atom. The zero-order valence-electron chi connectivity index (χ0n) is 11.6. The number of halogens is 3. The van der Waals surface area contributed by atoms with Crippen molar-refractivity contribution in [3.05, 3.63) is 70.5 Å². The highest BCUT2D eigenvalue weighted by atomic mass is 19.1. The van der Waals surface area contributed by atoms with Gasteiger partial charge in [0.25, 0.3) is 5.91 Å². The second-order valence-corrected chi connectivity index (χ2v) is 4.72. The summed E-state index contributed by atoms with van der Waals surface area (Å²) in [4.78, 5) is 11.7. The molecule has 2 aromatic carbocycles. The van der Waals surface area contributed by atoms with Gasteiger partial charge in [0, 0.05) is 18.7 Å². The highest BCUT2D eigenvalue weighted by Gasteiger charge is 2.18. The van der Waals surface area contributed by atoms with Crippen molar-refractivity contribution in [1.82, 2.24) is 5.32 Å². The van der Waals surface area contributed by atoms with Gasteiger partial charge in [0.15, 0.2) is 0 Å². The van der Waals surface area contributed by atoms with E-state index in [2.05, 4.69) is 5.32 Å². The highest BCUT2D eigenvalue weighted by molar-refractivity contribution is 5.94. The second-order valence-electron chi connectivity index (χ2n) is 4.72. The van der Waals surface area contributed by atoms with Gasteiger partial charge in [0.1, 0.15) is 23.0 Å². The number of hydrogen-bond donors (Lipinski definition) is 2. The number of aliphatic hydroxyl groups excluding tert-OH is 1. The molecule has 0 aliphatic heterocycles. The first-order valence-corrected chi connectivity index (χ1v) is 6.62. The number of hydrogen-bond acceptors (Lipinski definition) is 2. The van der Waals surface area contributed by atoms with Crippen molar-refractivity contribution in [2.24, 2.45) is 0 Å². The average molecular weight is 309 g/mol. The average Bonchev–Trinajstić information content (AvgIpc) is 2.47. The smallest absolute Gasteiger partial charge is 0.257 e. The minimum absolute atomic E-state index is 0.0554. The number of nitrogens with one attached hydrogen (secondary N) is 1. The summed E-state index contributed by atoms with van der Waals surface area (Å²) in [7, 11) is 0. The SMILES string of the molecule is O=C(NCCc1ccc(CO)cc1)c1c(F)cc(F)cc1F. The van der Waals surface area contributed by atoms with Crippen LogP contribution in [0.25, 0.3) is 0 Å². The first kappa shape index (κ1) is 16.0. The molecule has 0 radical (unpaired) electrons. The monoisotopic (exact) mass is 309 g/mol. The third-order valence-corrected chi connectivity index (χ3v) is 3.14. The fourth-order valence-corrected chi connectivity index (χ4v) is 1.98. The van der Waals surface area contributed by atoms with E-state index in [9.17, 15) is 18.0 Å². The molecule has 2 aromatic rings. The molecule has 0 aromatic heterocycles. The van der Waals surface area contributed by atoms with Crippen LogP contribution in [0.1, 0.15) is 21.5 Å². The fourth-order valence-electron chi connectivity index (χ4n) is 1.98. The van der Waals surface area contributed by atoms with E-state index in [0.29, 0.717) is 18.6 Å². The standard InChI is InChI=1S/C16H14F3NO2/c17-12-7-13(18)15(14(19)8-12)16(22)20-6-5-10-1-3-11(9-21)4-2-10/h1-4,7-8,21H,5-6,9H2,(H,20,22). The van der Waals surface area contributed by atoms with Crippen molar-refractivity contribution < 1.29 is 23.1 Å². The summed E-state index contributed by atoms with van der Waals surface area (Å²) in [6.07, 6.45) is 0.460. The van der Waals surface area contributed by atoms with Crippen LogP contribution < -0.4 is 5.32 Å². The maximum absolute atomic E-state index is 13.4. The zero-order valence-corrected chi connectivity index (χ0v) is 11.6. The van der Waals surface area contributed by atoms with Crippen LogP contribution in [0, 0.1) is 17.5 Å². The van der Waals surface area contributed by atoms with Crippen LogP contribution in [-0.2, 0) is 13.0 Å². The molecule has 0 fully saturated rings. The lowest BCUT2D eigenvalue weighted by Crippen LogP contribution is -2.27. The Morgan fingerprint density at radius 2 is 1.55 bits per heavy atom. The van der Waals surface area contributed by atoms with Crippen molar-refractivity contribution >= 4 is 5.91 Å². The Kier molecular flexibility index (Phi) is 5.16. The maximum Gasteiger partial charge on any atom is 0.257 e. The second kappa shape index (κ2) is 7.09. The molecule has 0 aliphatic carbocycles. The third-order valence-electron chi connectivity index (χ3n) is 3.14. The molecule has 0 atom stereocenters. The van der Waals surface area contributed by atoms with Crippen LogP contribution >= 0.6 is 0 Å². The maximum atomic E-state index is 13.4. The van der Waals surface area contributed by atoms with Crippen LogP contribution in [0.3, 0.4) is 0 Å². The van der Waals surface area contributed by atoms with Gasteiger partial charge in [-0.3, -0.25) is 4.79 Å². The van der Waals surface area contributed by atoms with Crippen LogP contribution in [0.15, 0.2) is 36.4 Å². The van der Waals surface area contributed by atoms with E-state index in [1.54, 1.807) is 24.3 Å². The minimum atomic E-state index is -1.23. The molecule has 0 saturated heterocycles. The summed E-state index contributed by atoms with van der Waals surface area (Å²) in [5.41, 5.74) is 0.873. The Hall–Kier alpha value is -2.34. The van der Waals surface area contributed by atoms with Crippen molar-refractivity contribution in [2.45, 2.75) is 13.0 Å². The van der Waals surface area contributed by atoms with Crippen molar-refractivity contribution in [2.75, 3.05) is 6.54 Å². The number of amides is 1. The number of carbonyl (C=O) groups excluding carboxylic acids is 1. The zero-order chi connectivity index (χ0) is 16.1. The number of aliphatic hydroxyl groups is 1. The lowest BCUT2D eigenvalue weighted by atomic mass is 10.1. The molecule has 22 heavy (non-hydrogen) atoms. The molecular weight excluding hydrogens is 295 g/mol. The van der Waals surface area contributed by atoms with Crippen molar-refractivity contribution in [3.8, 4) is 0 Å². The van der Waals surface area contributed by atoms with Gasteiger partial charge in [-0.25, -0.2) is 13.2 Å². The van der Waals surface area contributed by atoms with Crippen LogP contribution in [0.5, 0.6) is 0 Å². The summed E-state index contributed by atoms with van der Waals surface area (Å²) in [5.74, 6) is -4.47. The lowest BCUT2D eigenvalue weighted by molar-refractivity contribution is 0.0945. The molecule has 116 valence electrons. The predicted molar refractivity (Wildman–Crippen MR) is 74.7 cm³/mol. The predicted octanol–water partition coefficient (Wildman–Crippen LogP) is 2.57. The van der Waals surface area contributed by atoms with Crippen molar-refractivity contribution in [3.63, 3.8) is 0 Å². The molecule has 0 bridgehead atoms. The Balaban J connectivity index is 1.95. The lowest BCUT2D eigenvalue weighted by Gasteiger charge is -2.08. The van der Waals surface area contributed by atoms with E-state index in [1.165, 1.54) is 0 Å². The first-order valence-electron chi connectivity index (χ1n) is 6.62. The van der Waals surface area contributed by atoms with E-state index in [4.69, 9.17) is 5.11 Å². The quantitative estimate of drug-likeness (QED) is 0.892. The Morgan fingerprint density at radius 1 is 1.00 bits per heavy atom.